The van der Waals surface area contributed by atoms with Crippen molar-refractivity contribution in [3.63, 3.8) is 0 Å². The quantitative estimate of drug-likeness (QED) is 0.701. The van der Waals surface area contributed by atoms with Crippen LogP contribution in [-0.2, 0) is 19.6 Å². The van der Waals surface area contributed by atoms with Crippen molar-refractivity contribution in [1.82, 2.24) is 4.90 Å². The van der Waals surface area contributed by atoms with Gasteiger partial charge in [-0.3, -0.25) is 9.45 Å². The zero-order valence-corrected chi connectivity index (χ0v) is 10.5. The van der Waals surface area contributed by atoms with E-state index in [2.05, 4.69) is 0 Å². The number of hydrogen-bond donors (Lipinski definition) is 1. The highest BCUT2D eigenvalue weighted by Crippen LogP contribution is 1.96. The molecule has 1 fully saturated rings. The number of carbonyl (C=O) groups is 1. The first-order chi connectivity index (χ1) is 7.31. The van der Waals surface area contributed by atoms with Gasteiger partial charge in [-0.1, -0.05) is 0 Å². The van der Waals surface area contributed by atoms with E-state index in [1.54, 1.807) is 0 Å². The molecule has 0 unspecified atom stereocenters. The molecule has 1 N–H and O–H groups in total. The molecule has 0 aromatic rings. The van der Waals surface area contributed by atoms with Gasteiger partial charge >= 0.3 is 0 Å². The lowest BCUT2D eigenvalue weighted by Crippen LogP contribution is -2.38. The molecule has 0 spiro atoms. The maximum atomic E-state index is 10.4. The minimum absolute atomic E-state index is 0.167. The van der Waals surface area contributed by atoms with E-state index in [0.717, 1.165) is 13.1 Å². The van der Waals surface area contributed by atoms with E-state index in [0.29, 0.717) is 19.8 Å². The van der Waals surface area contributed by atoms with Crippen molar-refractivity contribution in [1.29, 1.82) is 0 Å². The molecule has 1 aliphatic heterocycles. The second-order valence-electron chi connectivity index (χ2n) is 3.65. The van der Waals surface area contributed by atoms with E-state index in [-0.39, 0.29) is 11.5 Å². The van der Waals surface area contributed by atoms with Crippen molar-refractivity contribution in [2.24, 2.45) is 0 Å². The number of ether oxygens (including phenoxy) is 1. The fourth-order valence-corrected chi connectivity index (χ4v) is 1.56. The van der Waals surface area contributed by atoms with Gasteiger partial charge in [0.1, 0.15) is 5.78 Å². The van der Waals surface area contributed by atoms with E-state index in [4.69, 9.17) is 9.29 Å². The van der Waals surface area contributed by atoms with Gasteiger partial charge in [-0.2, -0.15) is 8.42 Å². The summed E-state index contributed by atoms with van der Waals surface area (Å²) in [6, 6.07) is 0. The van der Waals surface area contributed by atoms with Gasteiger partial charge in [0.2, 0.25) is 0 Å². The fourth-order valence-electron chi connectivity index (χ4n) is 1.07. The highest BCUT2D eigenvalue weighted by atomic mass is 32.2. The molecule has 0 amide bonds. The molecule has 1 heterocycles. The lowest BCUT2D eigenvalue weighted by Gasteiger charge is -2.25. The third-order valence-electron chi connectivity index (χ3n) is 1.77. The summed E-state index contributed by atoms with van der Waals surface area (Å²) >= 11 is 0. The molecular formula is C9H19NO5S. The standard InChI is InChI=1S/C6H13NO4S.C3H6O/c8-12(9,10)6-3-7-1-4-11-5-2-7;1-3(2)4/h1-6H2,(H,8,9,10);1-2H3. The number of Topliss-reactive ketones (excluding diaryl/α,β-unsaturated/α-hetero) is 1. The third kappa shape index (κ3) is 11.6. The summed E-state index contributed by atoms with van der Waals surface area (Å²) in [4.78, 5) is 11.4. The predicted octanol–water partition coefficient (Wildman–Crippen LogP) is -0.198. The van der Waals surface area contributed by atoms with Gasteiger partial charge in [0.25, 0.3) is 10.1 Å². The zero-order valence-electron chi connectivity index (χ0n) is 9.68. The average Bonchev–Trinajstić information content (AvgIpc) is 2.14. The number of nitrogens with zero attached hydrogens (tertiary/aromatic N) is 1. The largest absolute Gasteiger partial charge is 0.379 e. The summed E-state index contributed by atoms with van der Waals surface area (Å²) in [5, 5.41) is 0. The first kappa shape index (κ1) is 15.5. The number of morpholine rings is 1. The molecule has 0 atom stereocenters. The maximum absolute atomic E-state index is 10.4. The van der Waals surface area contributed by atoms with Gasteiger partial charge in [0, 0.05) is 19.6 Å². The first-order valence-electron chi connectivity index (χ1n) is 5.03. The van der Waals surface area contributed by atoms with E-state index in [1.165, 1.54) is 13.8 Å². The van der Waals surface area contributed by atoms with Crippen LogP contribution in [0.4, 0.5) is 0 Å². The van der Waals surface area contributed by atoms with Gasteiger partial charge in [0.05, 0.1) is 19.0 Å². The van der Waals surface area contributed by atoms with Crippen LogP contribution in [0.3, 0.4) is 0 Å². The molecule has 0 saturated carbocycles. The van der Waals surface area contributed by atoms with Crippen LogP contribution in [0.25, 0.3) is 0 Å². The summed E-state index contributed by atoms with van der Waals surface area (Å²) in [6.07, 6.45) is 0. The molecule has 0 aromatic heterocycles. The molecule has 1 saturated heterocycles. The van der Waals surface area contributed by atoms with Crippen LogP contribution in [0.5, 0.6) is 0 Å². The molecule has 96 valence electrons. The number of hydrogen-bond acceptors (Lipinski definition) is 5. The Morgan fingerprint density at radius 2 is 1.75 bits per heavy atom. The Balaban J connectivity index is 0.000000487. The molecule has 1 aliphatic rings. The summed E-state index contributed by atoms with van der Waals surface area (Å²) in [5.74, 6) is -0.0208. The maximum Gasteiger partial charge on any atom is 0.266 e. The zero-order chi connectivity index (χ0) is 12.6. The van der Waals surface area contributed by atoms with Crippen molar-refractivity contribution >= 4 is 15.9 Å². The van der Waals surface area contributed by atoms with Crippen molar-refractivity contribution < 1.29 is 22.5 Å². The number of rotatable bonds is 3. The van der Waals surface area contributed by atoms with Gasteiger partial charge in [-0.25, -0.2) is 0 Å². The molecule has 6 nitrogen and oxygen atoms in total. The average molecular weight is 253 g/mol. The SMILES string of the molecule is CC(C)=O.O=S(=O)(O)CCN1CCOCC1. The summed E-state index contributed by atoms with van der Waals surface area (Å²) in [5.41, 5.74) is 0. The second-order valence-corrected chi connectivity index (χ2v) is 5.22. The number of ketones is 1. The summed E-state index contributed by atoms with van der Waals surface area (Å²) in [7, 11) is -3.81. The summed E-state index contributed by atoms with van der Waals surface area (Å²) in [6.45, 7) is 6.23. The third-order valence-corrected chi connectivity index (χ3v) is 2.47. The molecule has 0 aliphatic carbocycles. The Kier molecular flexibility index (Phi) is 7.48. The monoisotopic (exact) mass is 253 g/mol. The van der Waals surface area contributed by atoms with Crippen LogP contribution in [0, 0.1) is 0 Å². The van der Waals surface area contributed by atoms with Gasteiger partial charge in [-0.15, -0.1) is 0 Å². The predicted molar refractivity (Wildman–Crippen MR) is 60.0 cm³/mol. The normalized spacial score (nSPS) is 17.4. The van der Waals surface area contributed by atoms with Crippen LogP contribution < -0.4 is 0 Å². The van der Waals surface area contributed by atoms with Crippen LogP contribution in [-0.4, -0.2) is 62.3 Å². The molecule has 0 bridgehead atoms. The van der Waals surface area contributed by atoms with Crippen LogP contribution in [0.1, 0.15) is 13.8 Å². The smallest absolute Gasteiger partial charge is 0.266 e. The molecular weight excluding hydrogens is 234 g/mol. The van der Waals surface area contributed by atoms with Gasteiger partial charge in [-0.05, 0) is 13.8 Å². The second kappa shape index (κ2) is 7.72. The Morgan fingerprint density at radius 3 is 2.12 bits per heavy atom. The minimum Gasteiger partial charge on any atom is -0.379 e. The highest BCUT2D eigenvalue weighted by Gasteiger charge is 2.13. The lowest BCUT2D eigenvalue weighted by molar-refractivity contribution is -0.114. The molecule has 0 radical (unpaired) electrons. The van der Waals surface area contributed by atoms with Crippen molar-refractivity contribution in [2.45, 2.75) is 13.8 Å². The van der Waals surface area contributed by atoms with Crippen LogP contribution in [0.2, 0.25) is 0 Å². The molecule has 7 heteroatoms. The Labute approximate surface area is 96.3 Å². The van der Waals surface area contributed by atoms with Gasteiger partial charge < -0.3 is 9.53 Å². The lowest BCUT2D eigenvalue weighted by atomic mass is 10.4. The van der Waals surface area contributed by atoms with Crippen molar-refractivity contribution in [3.05, 3.63) is 0 Å². The Bertz CT molecular complexity index is 291. The van der Waals surface area contributed by atoms with Crippen molar-refractivity contribution in [2.75, 3.05) is 38.6 Å². The molecule has 1 rings (SSSR count). The minimum atomic E-state index is -3.81. The number of carbonyl (C=O) groups excluding carboxylic acids is 1. The first-order valence-corrected chi connectivity index (χ1v) is 6.64. The van der Waals surface area contributed by atoms with E-state index < -0.39 is 10.1 Å². The van der Waals surface area contributed by atoms with E-state index in [9.17, 15) is 13.2 Å². The molecule has 0 aromatic carbocycles. The summed E-state index contributed by atoms with van der Waals surface area (Å²) < 4.78 is 34.3. The highest BCUT2D eigenvalue weighted by molar-refractivity contribution is 7.85. The van der Waals surface area contributed by atoms with Crippen LogP contribution >= 0.6 is 0 Å². The Hall–Kier alpha value is -0.500. The van der Waals surface area contributed by atoms with E-state index >= 15 is 0 Å². The van der Waals surface area contributed by atoms with Gasteiger partial charge in [0.15, 0.2) is 0 Å². The Morgan fingerprint density at radius 1 is 1.31 bits per heavy atom. The fraction of sp³-hybridized carbons (Fsp3) is 0.889. The molecule has 16 heavy (non-hydrogen) atoms. The van der Waals surface area contributed by atoms with Crippen molar-refractivity contribution in [3.8, 4) is 0 Å². The van der Waals surface area contributed by atoms with E-state index in [1.807, 2.05) is 4.90 Å². The van der Waals surface area contributed by atoms with Crippen LogP contribution in [0.15, 0.2) is 0 Å². The topological polar surface area (TPSA) is 83.9 Å².